The van der Waals surface area contributed by atoms with Crippen LogP contribution in [0.4, 0.5) is 0 Å². The molecule has 0 saturated carbocycles. The van der Waals surface area contributed by atoms with Crippen molar-refractivity contribution in [3.05, 3.63) is 23.8 Å². The van der Waals surface area contributed by atoms with Crippen molar-refractivity contribution in [2.24, 2.45) is 0 Å². The first kappa shape index (κ1) is 10.8. The Morgan fingerprint density at radius 2 is 2.00 bits per heavy atom. The Bertz CT molecular complexity index is 320. The zero-order valence-electron chi connectivity index (χ0n) is 8.19. The van der Waals surface area contributed by atoms with Gasteiger partial charge in [0.05, 0.1) is 7.11 Å². The highest BCUT2D eigenvalue weighted by Gasteiger charge is 2.24. The maximum Gasteiger partial charge on any atom is 0.189 e. The Morgan fingerprint density at radius 3 is 2.50 bits per heavy atom. The van der Waals surface area contributed by atoms with Crippen LogP contribution >= 0.6 is 0 Å². The molecule has 0 heterocycles. The first-order valence-electron chi connectivity index (χ1n) is 4.33. The molecule has 1 rings (SSSR count). The van der Waals surface area contributed by atoms with Gasteiger partial charge in [0.25, 0.3) is 0 Å². The van der Waals surface area contributed by atoms with Crippen LogP contribution in [0.1, 0.15) is 18.9 Å². The van der Waals surface area contributed by atoms with Gasteiger partial charge in [-0.05, 0) is 18.2 Å². The number of phenols is 1. The monoisotopic (exact) mass is 198 g/mol. The van der Waals surface area contributed by atoms with Crippen molar-refractivity contribution >= 4 is 0 Å². The van der Waals surface area contributed by atoms with E-state index in [4.69, 9.17) is 4.74 Å². The van der Waals surface area contributed by atoms with Crippen LogP contribution in [0.2, 0.25) is 0 Å². The lowest BCUT2D eigenvalue weighted by atomic mass is 10.0. The number of ether oxygens (including phenoxy) is 1. The summed E-state index contributed by atoms with van der Waals surface area (Å²) in [5, 5.41) is 28.3. The first-order valence-corrected chi connectivity index (χ1v) is 4.33. The molecule has 4 heteroatoms. The molecule has 0 unspecified atom stereocenters. The largest absolute Gasteiger partial charge is 0.504 e. The number of benzene rings is 1. The van der Waals surface area contributed by atoms with Gasteiger partial charge in [0.15, 0.2) is 17.3 Å². The van der Waals surface area contributed by atoms with Crippen LogP contribution < -0.4 is 4.74 Å². The van der Waals surface area contributed by atoms with Gasteiger partial charge in [-0.25, -0.2) is 0 Å². The molecule has 4 nitrogen and oxygen atoms in total. The molecule has 0 saturated heterocycles. The summed E-state index contributed by atoms with van der Waals surface area (Å²) in [6, 6.07) is 4.21. The summed E-state index contributed by atoms with van der Waals surface area (Å²) in [7, 11) is 1.40. The topological polar surface area (TPSA) is 69.9 Å². The minimum Gasteiger partial charge on any atom is -0.504 e. The van der Waals surface area contributed by atoms with E-state index in [0.717, 1.165) is 0 Å². The van der Waals surface area contributed by atoms with Gasteiger partial charge >= 0.3 is 0 Å². The molecule has 0 aliphatic rings. The summed E-state index contributed by atoms with van der Waals surface area (Å²) in [6.45, 7) is 1.65. The molecule has 0 aliphatic heterocycles. The Labute approximate surface area is 82.4 Å². The van der Waals surface area contributed by atoms with Gasteiger partial charge < -0.3 is 20.1 Å². The predicted molar refractivity (Wildman–Crippen MR) is 51.1 cm³/mol. The van der Waals surface area contributed by atoms with Gasteiger partial charge in [0.1, 0.15) is 0 Å². The maximum atomic E-state index is 9.52. The fourth-order valence-corrected chi connectivity index (χ4v) is 1.13. The molecule has 1 aromatic carbocycles. The second-order valence-electron chi connectivity index (χ2n) is 3.06. The minimum absolute atomic E-state index is 0.0249. The van der Waals surface area contributed by atoms with Crippen LogP contribution in [0.5, 0.6) is 11.5 Å². The predicted octanol–water partition coefficient (Wildman–Crippen LogP) is 0.948. The molecular formula is C10H14O4. The summed E-state index contributed by atoms with van der Waals surface area (Å²) >= 11 is 0. The summed E-state index contributed by atoms with van der Waals surface area (Å²) in [6.07, 6.45) is 0.168. The van der Waals surface area contributed by atoms with Crippen molar-refractivity contribution in [2.75, 3.05) is 7.11 Å². The van der Waals surface area contributed by atoms with Gasteiger partial charge in [-0.2, -0.15) is 0 Å². The third-order valence-electron chi connectivity index (χ3n) is 2.14. The van der Waals surface area contributed by atoms with E-state index >= 15 is 0 Å². The van der Waals surface area contributed by atoms with Gasteiger partial charge in [0, 0.05) is 12.0 Å². The summed E-state index contributed by atoms with van der Waals surface area (Å²) in [5.41, 5.74) is 0.301. The molecule has 0 fully saturated rings. The lowest BCUT2D eigenvalue weighted by molar-refractivity contribution is -0.171. The van der Waals surface area contributed by atoms with E-state index in [1.54, 1.807) is 6.92 Å². The molecule has 14 heavy (non-hydrogen) atoms. The van der Waals surface area contributed by atoms with Crippen molar-refractivity contribution in [3.8, 4) is 11.5 Å². The number of rotatable bonds is 3. The van der Waals surface area contributed by atoms with E-state index in [-0.39, 0.29) is 17.9 Å². The number of phenolic OH excluding ortho intramolecular Hbond substituents is 1. The van der Waals surface area contributed by atoms with Crippen molar-refractivity contribution in [2.45, 2.75) is 19.1 Å². The van der Waals surface area contributed by atoms with Gasteiger partial charge in [-0.3, -0.25) is 0 Å². The molecule has 0 bridgehead atoms. The average molecular weight is 198 g/mol. The van der Waals surface area contributed by atoms with E-state index in [0.29, 0.717) is 5.56 Å². The van der Waals surface area contributed by atoms with Crippen LogP contribution in [-0.4, -0.2) is 22.4 Å². The van der Waals surface area contributed by atoms with Crippen molar-refractivity contribution in [1.29, 1.82) is 0 Å². The zero-order valence-corrected chi connectivity index (χ0v) is 8.19. The standard InChI is InChI=1S/C10H14O4/c1-3-10(12,13)7-4-5-8(11)9(6-7)14-2/h4-6,11-13H,3H2,1-2H3. The highest BCUT2D eigenvalue weighted by Crippen LogP contribution is 2.31. The number of hydrogen-bond donors (Lipinski definition) is 3. The molecule has 0 spiro atoms. The quantitative estimate of drug-likeness (QED) is 0.632. The number of methoxy groups -OCH3 is 1. The van der Waals surface area contributed by atoms with Crippen LogP contribution in [0, 0.1) is 0 Å². The molecule has 78 valence electrons. The SMILES string of the molecule is CCC(O)(O)c1ccc(O)c(OC)c1. The van der Waals surface area contributed by atoms with Crippen molar-refractivity contribution in [3.63, 3.8) is 0 Å². The Morgan fingerprint density at radius 1 is 1.36 bits per heavy atom. The summed E-state index contributed by atoms with van der Waals surface area (Å²) in [5.74, 6) is -1.67. The first-order chi connectivity index (χ1) is 6.51. The van der Waals surface area contributed by atoms with Crippen LogP contribution in [-0.2, 0) is 5.79 Å². The Hall–Kier alpha value is -1.26. The smallest absolute Gasteiger partial charge is 0.189 e. The highest BCUT2D eigenvalue weighted by molar-refractivity contribution is 5.42. The second kappa shape index (κ2) is 3.86. The van der Waals surface area contributed by atoms with E-state index in [1.165, 1.54) is 25.3 Å². The lowest BCUT2D eigenvalue weighted by Gasteiger charge is -2.20. The van der Waals surface area contributed by atoms with Crippen LogP contribution in [0.15, 0.2) is 18.2 Å². The summed E-state index contributed by atoms with van der Waals surface area (Å²) < 4.78 is 4.85. The molecule has 0 amide bonds. The van der Waals surface area contributed by atoms with E-state index in [1.807, 2.05) is 0 Å². The van der Waals surface area contributed by atoms with Gasteiger partial charge in [0.2, 0.25) is 0 Å². The normalized spacial score (nSPS) is 11.4. The molecule has 0 atom stereocenters. The third kappa shape index (κ3) is 1.97. The third-order valence-corrected chi connectivity index (χ3v) is 2.14. The number of aliphatic hydroxyl groups is 2. The molecule has 0 aliphatic carbocycles. The van der Waals surface area contributed by atoms with Gasteiger partial charge in [-0.15, -0.1) is 0 Å². The maximum absolute atomic E-state index is 9.52. The minimum atomic E-state index is -1.87. The van der Waals surface area contributed by atoms with E-state index in [2.05, 4.69) is 0 Å². The van der Waals surface area contributed by atoms with E-state index < -0.39 is 5.79 Å². The van der Waals surface area contributed by atoms with E-state index in [9.17, 15) is 15.3 Å². The fraction of sp³-hybridized carbons (Fsp3) is 0.400. The molecular weight excluding hydrogens is 184 g/mol. The van der Waals surface area contributed by atoms with Crippen LogP contribution in [0.3, 0.4) is 0 Å². The molecule has 0 radical (unpaired) electrons. The van der Waals surface area contributed by atoms with Crippen molar-refractivity contribution < 1.29 is 20.1 Å². The zero-order chi connectivity index (χ0) is 10.8. The average Bonchev–Trinajstić information content (AvgIpc) is 2.18. The second-order valence-corrected chi connectivity index (χ2v) is 3.06. The lowest BCUT2D eigenvalue weighted by Crippen LogP contribution is -2.23. The number of aromatic hydroxyl groups is 1. The van der Waals surface area contributed by atoms with Gasteiger partial charge in [-0.1, -0.05) is 6.92 Å². The Balaban J connectivity index is 3.12. The fourth-order valence-electron chi connectivity index (χ4n) is 1.13. The number of hydrogen-bond acceptors (Lipinski definition) is 4. The molecule has 3 N–H and O–H groups in total. The van der Waals surface area contributed by atoms with Crippen molar-refractivity contribution in [1.82, 2.24) is 0 Å². The highest BCUT2D eigenvalue weighted by atomic mass is 16.5. The molecule has 1 aromatic rings. The molecule has 0 aromatic heterocycles. The Kier molecular flexibility index (Phi) is 2.98. The summed E-state index contributed by atoms with van der Waals surface area (Å²) in [4.78, 5) is 0. The van der Waals surface area contributed by atoms with Crippen LogP contribution in [0.25, 0.3) is 0 Å².